The Morgan fingerprint density at radius 3 is 2.65 bits per heavy atom. The summed E-state index contributed by atoms with van der Waals surface area (Å²) in [6.07, 6.45) is 1.64. The molecule has 1 N–H and O–H groups in total. The van der Waals surface area contributed by atoms with Gasteiger partial charge in [0.2, 0.25) is 5.17 Å². The van der Waals surface area contributed by atoms with Crippen molar-refractivity contribution >= 4 is 62.2 Å². The van der Waals surface area contributed by atoms with Crippen molar-refractivity contribution in [3.8, 4) is 5.75 Å². The average molecular weight is 523 g/mol. The minimum atomic E-state index is -0.485. The topological polar surface area (TPSA) is 78.1 Å². The Bertz CT molecular complexity index is 1670. The lowest BCUT2D eigenvalue weighted by molar-refractivity contribution is -0.114. The van der Waals surface area contributed by atoms with E-state index in [4.69, 9.17) is 21.7 Å². The number of nitrogens with zero attached hydrogens (tertiary/aromatic N) is 3. The van der Waals surface area contributed by atoms with Gasteiger partial charge in [-0.05, 0) is 57.9 Å². The molecular weight excluding hydrogens is 504 g/mol. The molecule has 37 heavy (non-hydrogen) atoms. The largest absolute Gasteiger partial charge is 0.489 e. The van der Waals surface area contributed by atoms with E-state index in [2.05, 4.69) is 34.4 Å². The van der Waals surface area contributed by atoms with Gasteiger partial charge in [-0.1, -0.05) is 84.4 Å². The molecule has 0 fully saturated rings. The first-order chi connectivity index (χ1) is 18.1. The number of aliphatic imine (C=N–C) groups is 1. The first-order valence-corrected chi connectivity index (χ1v) is 12.7. The number of carbonyl (C=O) groups excluding carboxylic acids is 1. The maximum Gasteiger partial charge on any atom is 0.283 e. The molecule has 0 bridgehead atoms. The third-order valence-electron chi connectivity index (χ3n) is 6.00. The van der Waals surface area contributed by atoms with Crippen LogP contribution in [0.15, 0.2) is 107 Å². The standard InChI is InChI=1S/C29H19ClN4O2S/c30-25-14-4-3-13-23(25)28-33-34-26(31)24(27(35)32-29(34)37-28)16-18-7-5-11-21(15-18)36-17-20-10-6-9-19-8-1-2-12-22(19)20/h1-16,31H,17H2/b24-16+,31-26?. The number of hydrogen-bond donors (Lipinski definition) is 1. The van der Waals surface area contributed by atoms with Gasteiger partial charge in [0.15, 0.2) is 5.84 Å². The quantitative estimate of drug-likeness (QED) is 0.294. The molecule has 0 saturated carbocycles. The summed E-state index contributed by atoms with van der Waals surface area (Å²) in [6.45, 7) is 0.411. The number of halogens is 1. The Hall–Kier alpha value is -4.20. The number of nitrogens with one attached hydrogen (secondary N) is 1. The molecule has 2 aliphatic heterocycles. The van der Waals surface area contributed by atoms with E-state index in [1.165, 1.54) is 16.8 Å². The Morgan fingerprint density at radius 1 is 0.973 bits per heavy atom. The third kappa shape index (κ3) is 4.55. The first kappa shape index (κ1) is 23.2. The number of fused-ring (bicyclic) bond motifs is 2. The Balaban J connectivity index is 1.24. The number of hydrazone groups is 1. The van der Waals surface area contributed by atoms with Gasteiger partial charge in [-0.15, -0.1) is 0 Å². The highest BCUT2D eigenvalue weighted by atomic mass is 35.5. The zero-order chi connectivity index (χ0) is 25.4. The SMILES string of the molecule is N=C1/C(=C\c2cccc(OCc3cccc4ccccc34)c2)C(=O)N=C2SC(c3ccccc3Cl)=NN12. The molecule has 2 heterocycles. The van der Waals surface area contributed by atoms with Crippen molar-refractivity contribution in [2.75, 3.05) is 0 Å². The number of thioether (sulfide) groups is 1. The van der Waals surface area contributed by atoms with Gasteiger partial charge in [-0.25, -0.2) is 0 Å². The van der Waals surface area contributed by atoms with E-state index in [9.17, 15) is 4.79 Å². The number of carbonyl (C=O) groups is 1. The number of benzene rings is 4. The summed E-state index contributed by atoms with van der Waals surface area (Å²) in [5.74, 6) is 0.144. The summed E-state index contributed by atoms with van der Waals surface area (Å²) in [4.78, 5) is 17.0. The van der Waals surface area contributed by atoms with E-state index < -0.39 is 5.91 Å². The molecule has 6 rings (SSSR count). The summed E-state index contributed by atoms with van der Waals surface area (Å²) >= 11 is 7.53. The Morgan fingerprint density at radius 2 is 1.76 bits per heavy atom. The second kappa shape index (κ2) is 9.69. The number of ether oxygens (including phenoxy) is 1. The summed E-state index contributed by atoms with van der Waals surface area (Å²) in [5.41, 5.74) is 2.70. The van der Waals surface area contributed by atoms with E-state index in [-0.39, 0.29) is 11.4 Å². The third-order valence-corrected chi connectivity index (χ3v) is 7.27. The van der Waals surface area contributed by atoms with E-state index in [0.29, 0.717) is 27.6 Å². The van der Waals surface area contributed by atoms with E-state index in [0.717, 1.165) is 27.5 Å². The van der Waals surface area contributed by atoms with E-state index in [1.807, 2.05) is 60.7 Å². The molecule has 4 aromatic carbocycles. The zero-order valence-corrected chi connectivity index (χ0v) is 21.0. The van der Waals surface area contributed by atoms with E-state index in [1.54, 1.807) is 12.1 Å². The van der Waals surface area contributed by atoms with Crippen LogP contribution in [0.1, 0.15) is 16.7 Å². The van der Waals surface area contributed by atoms with Crippen molar-refractivity contribution < 1.29 is 9.53 Å². The van der Waals surface area contributed by atoms with Crippen LogP contribution in [0.25, 0.3) is 16.8 Å². The van der Waals surface area contributed by atoms with Crippen LogP contribution in [0, 0.1) is 5.41 Å². The molecular formula is C29H19ClN4O2S. The molecule has 2 aliphatic rings. The predicted molar refractivity (Wildman–Crippen MR) is 150 cm³/mol. The molecule has 1 amide bonds. The molecule has 0 aliphatic carbocycles. The van der Waals surface area contributed by atoms with Crippen LogP contribution in [-0.4, -0.2) is 27.0 Å². The lowest BCUT2D eigenvalue weighted by Crippen LogP contribution is -2.35. The smallest absolute Gasteiger partial charge is 0.283 e. The molecule has 0 aromatic heterocycles. The summed E-state index contributed by atoms with van der Waals surface area (Å²) in [7, 11) is 0. The molecule has 0 radical (unpaired) electrons. The highest BCUT2D eigenvalue weighted by molar-refractivity contribution is 8.27. The second-order valence-electron chi connectivity index (χ2n) is 8.40. The Labute approximate surface area is 222 Å². The number of amidine groups is 2. The molecule has 0 atom stereocenters. The minimum Gasteiger partial charge on any atom is -0.489 e. The average Bonchev–Trinajstić information content (AvgIpc) is 3.34. The molecule has 6 nitrogen and oxygen atoms in total. The first-order valence-electron chi connectivity index (χ1n) is 11.5. The zero-order valence-electron chi connectivity index (χ0n) is 19.4. The minimum absolute atomic E-state index is 0.0355. The lowest BCUT2D eigenvalue weighted by atomic mass is 10.1. The van der Waals surface area contributed by atoms with Gasteiger partial charge in [0.05, 0.1) is 10.6 Å². The van der Waals surface area contributed by atoms with Crippen LogP contribution in [0.2, 0.25) is 5.02 Å². The van der Waals surface area contributed by atoms with Gasteiger partial charge >= 0.3 is 0 Å². The van der Waals surface area contributed by atoms with Crippen molar-refractivity contribution in [3.63, 3.8) is 0 Å². The van der Waals surface area contributed by atoms with Crippen LogP contribution in [0.5, 0.6) is 5.75 Å². The Kier molecular flexibility index (Phi) is 6.08. The molecule has 180 valence electrons. The molecule has 8 heteroatoms. The summed E-state index contributed by atoms with van der Waals surface area (Å²) < 4.78 is 6.08. The van der Waals surface area contributed by atoms with Crippen LogP contribution >= 0.6 is 23.4 Å². The molecule has 0 spiro atoms. The van der Waals surface area contributed by atoms with Crippen molar-refractivity contribution in [1.82, 2.24) is 5.01 Å². The van der Waals surface area contributed by atoms with Crippen molar-refractivity contribution in [2.24, 2.45) is 10.1 Å². The van der Waals surface area contributed by atoms with Crippen molar-refractivity contribution in [1.29, 1.82) is 5.41 Å². The van der Waals surface area contributed by atoms with Crippen molar-refractivity contribution in [2.45, 2.75) is 6.61 Å². The van der Waals surface area contributed by atoms with Crippen LogP contribution in [-0.2, 0) is 11.4 Å². The molecule has 4 aromatic rings. The van der Waals surface area contributed by atoms with Gasteiger partial charge < -0.3 is 4.74 Å². The van der Waals surface area contributed by atoms with Crippen LogP contribution in [0.3, 0.4) is 0 Å². The fourth-order valence-electron chi connectivity index (χ4n) is 4.18. The predicted octanol–water partition coefficient (Wildman–Crippen LogP) is 6.74. The van der Waals surface area contributed by atoms with Crippen LogP contribution in [0.4, 0.5) is 0 Å². The normalized spacial score (nSPS) is 16.1. The summed E-state index contributed by atoms with van der Waals surface area (Å²) in [6, 6.07) is 29.1. The fraction of sp³-hybridized carbons (Fsp3) is 0.0345. The molecule has 0 saturated heterocycles. The van der Waals surface area contributed by atoms with Gasteiger partial charge in [0.25, 0.3) is 5.91 Å². The van der Waals surface area contributed by atoms with E-state index >= 15 is 0 Å². The van der Waals surface area contributed by atoms with Crippen molar-refractivity contribution in [3.05, 3.63) is 118 Å². The van der Waals surface area contributed by atoms with Gasteiger partial charge in [-0.2, -0.15) is 15.1 Å². The number of rotatable bonds is 5. The monoisotopic (exact) mass is 522 g/mol. The molecule has 0 unspecified atom stereocenters. The number of hydrogen-bond acceptors (Lipinski definition) is 5. The summed E-state index contributed by atoms with van der Waals surface area (Å²) in [5, 5.41) is 18.3. The fourth-order valence-corrected chi connectivity index (χ4v) is 5.39. The number of amides is 1. The van der Waals surface area contributed by atoms with Gasteiger partial charge in [-0.3, -0.25) is 10.2 Å². The maximum atomic E-state index is 12.8. The second-order valence-corrected chi connectivity index (χ2v) is 9.77. The lowest BCUT2D eigenvalue weighted by Gasteiger charge is -2.20. The van der Waals surface area contributed by atoms with Crippen LogP contribution < -0.4 is 4.74 Å². The highest BCUT2D eigenvalue weighted by Crippen LogP contribution is 2.33. The van der Waals surface area contributed by atoms with Gasteiger partial charge in [0, 0.05) is 5.56 Å². The van der Waals surface area contributed by atoms with Gasteiger partial charge in [0.1, 0.15) is 17.4 Å². The maximum absolute atomic E-state index is 12.8. The highest BCUT2D eigenvalue weighted by Gasteiger charge is 2.36.